The van der Waals surface area contributed by atoms with E-state index in [1.807, 2.05) is 37.8 Å². The van der Waals surface area contributed by atoms with Crippen LogP contribution in [0.4, 0.5) is 11.5 Å². The van der Waals surface area contributed by atoms with Crippen molar-refractivity contribution in [1.29, 1.82) is 5.26 Å². The van der Waals surface area contributed by atoms with Gasteiger partial charge < -0.3 is 20.1 Å². The van der Waals surface area contributed by atoms with Gasteiger partial charge in [0.05, 0.1) is 41.3 Å². The van der Waals surface area contributed by atoms with E-state index in [1.54, 1.807) is 31.4 Å². The molecule has 2 N–H and O–H groups in total. The number of para-hydroxylation sites is 1. The summed E-state index contributed by atoms with van der Waals surface area (Å²) >= 11 is 0. The number of benzene rings is 2. The molecule has 1 atom stereocenters. The summed E-state index contributed by atoms with van der Waals surface area (Å²) in [6, 6.07) is 12.7. The molecule has 0 amide bonds. The quantitative estimate of drug-likeness (QED) is 0.604. The largest absolute Gasteiger partial charge is 0.478 e. The first-order chi connectivity index (χ1) is 15.2. The molecule has 2 aromatic carbocycles. The molecule has 0 saturated carbocycles. The summed E-state index contributed by atoms with van der Waals surface area (Å²) in [5.74, 6) is -0.452. The lowest BCUT2D eigenvalue weighted by atomic mass is 9.96. The summed E-state index contributed by atoms with van der Waals surface area (Å²) in [6.45, 7) is 7.18. The standard InChI is InChI=1S/C24H25N5O3/c1-14-9-17(15(2)26-18-8-6-5-7-16(18)23(30)31)21-19(10-14)27-20(11-25)22(28-21)29-12-24(3,13-29)32-4/h5-10,15,26H,12-13H2,1-4H3,(H,30,31)/t15-/m1/s1. The highest BCUT2D eigenvalue weighted by molar-refractivity contribution is 5.94. The number of methoxy groups -OCH3 is 1. The Balaban J connectivity index is 1.77. The van der Waals surface area contributed by atoms with Crippen LogP contribution >= 0.6 is 0 Å². The van der Waals surface area contributed by atoms with Crippen molar-refractivity contribution < 1.29 is 14.6 Å². The lowest BCUT2D eigenvalue weighted by Crippen LogP contribution is -2.61. The second-order valence-corrected chi connectivity index (χ2v) is 8.46. The van der Waals surface area contributed by atoms with Gasteiger partial charge in [-0.1, -0.05) is 18.2 Å². The number of nitriles is 1. The topological polar surface area (TPSA) is 111 Å². The SMILES string of the molecule is COC1(C)CN(c2nc3c([C@@H](C)Nc4ccccc4C(=O)O)cc(C)cc3nc2C#N)C1. The van der Waals surface area contributed by atoms with Gasteiger partial charge in [-0.3, -0.25) is 0 Å². The van der Waals surface area contributed by atoms with Crippen molar-refractivity contribution in [3.8, 4) is 6.07 Å². The fourth-order valence-corrected chi connectivity index (χ4v) is 4.10. The van der Waals surface area contributed by atoms with Gasteiger partial charge in [0.2, 0.25) is 0 Å². The van der Waals surface area contributed by atoms with Crippen molar-refractivity contribution in [1.82, 2.24) is 9.97 Å². The van der Waals surface area contributed by atoms with E-state index in [2.05, 4.69) is 16.4 Å². The van der Waals surface area contributed by atoms with Gasteiger partial charge in [0, 0.05) is 18.4 Å². The number of aromatic carboxylic acids is 1. The van der Waals surface area contributed by atoms with E-state index < -0.39 is 5.97 Å². The first-order valence-electron chi connectivity index (χ1n) is 10.4. The maximum atomic E-state index is 11.6. The Morgan fingerprint density at radius 1 is 1.31 bits per heavy atom. The number of carboxylic acid groups (broad SMARTS) is 1. The fraction of sp³-hybridized carbons (Fsp3) is 0.333. The van der Waals surface area contributed by atoms with Crippen LogP contribution in [0, 0.1) is 18.3 Å². The molecule has 0 radical (unpaired) electrons. The van der Waals surface area contributed by atoms with Crippen molar-refractivity contribution in [2.45, 2.75) is 32.4 Å². The molecule has 4 rings (SSSR count). The predicted molar refractivity (Wildman–Crippen MR) is 122 cm³/mol. The average molecular weight is 431 g/mol. The molecule has 0 unspecified atom stereocenters. The zero-order valence-electron chi connectivity index (χ0n) is 18.5. The maximum absolute atomic E-state index is 11.6. The van der Waals surface area contributed by atoms with Gasteiger partial charge >= 0.3 is 5.97 Å². The van der Waals surface area contributed by atoms with Crippen LogP contribution in [0.1, 0.15) is 47.1 Å². The summed E-state index contributed by atoms with van der Waals surface area (Å²) in [6.07, 6.45) is 0. The number of fused-ring (bicyclic) bond motifs is 1. The predicted octanol–water partition coefficient (Wildman–Crippen LogP) is 3.91. The molecule has 1 aromatic heterocycles. The molecule has 1 aliphatic heterocycles. The number of anilines is 2. The lowest BCUT2D eigenvalue weighted by molar-refractivity contribution is -0.0171. The van der Waals surface area contributed by atoms with E-state index in [-0.39, 0.29) is 22.9 Å². The maximum Gasteiger partial charge on any atom is 0.337 e. The molecular formula is C24H25N5O3. The van der Waals surface area contributed by atoms with Crippen LogP contribution in [0.3, 0.4) is 0 Å². The Hall–Kier alpha value is -3.70. The third-order valence-electron chi connectivity index (χ3n) is 5.87. The molecule has 8 heteroatoms. The Morgan fingerprint density at radius 3 is 2.69 bits per heavy atom. The number of carbonyl (C=O) groups is 1. The second kappa shape index (κ2) is 8.09. The molecule has 0 bridgehead atoms. The third kappa shape index (κ3) is 3.83. The van der Waals surface area contributed by atoms with Crippen molar-refractivity contribution in [2.24, 2.45) is 0 Å². The number of carboxylic acids is 1. The number of nitrogens with one attached hydrogen (secondary N) is 1. The number of hydrogen-bond donors (Lipinski definition) is 2. The molecule has 1 saturated heterocycles. The number of aromatic nitrogens is 2. The minimum absolute atomic E-state index is 0.203. The first kappa shape index (κ1) is 21.5. The second-order valence-electron chi connectivity index (χ2n) is 8.46. The summed E-state index contributed by atoms with van der Waals surface area (Å²) in [5.41, 5.74) is 3.93. The van der Waals surface area contributed by atoms with Gasteiger partial charge in [-0.25, -0.2) is 14.8 Å². The Kier molecular flexibility index (Phi) is 5.45. The number of rotatable bonds is 6. The summed E-state index contributed by atoms with van der Waals surface area (Å²) in [5, 5.41) is 22.5. The molecule has 0 spiro atoms. The minimum Gasteiger partial charge on any atom is -0.478 e. The highest BCUT2D eigenvalue weighted by atomic mass is 16.5. The minimum atomic E-state index is -0.992. The summed E-state index contributed by atoms with van der Waals surface area (Å²) < 4.78 is 5.53. The monoisotopic (exact) mass is 431 g/mol. The van der Waals surface area contributed by atoms with E-state index in [9.17, 15) is 15.2 Å². The molecule has 1 aliphatic rings. The van der Waals surface area contributed by atoms with Crippen molar-refractivity contribution >= 4 is 28.5 Å². The molecule has 0 aliphatic carbocycles. The van der Waals surface area contributed by atoms with Crippen LogP contribution in [0.5, 0.6) is 0 Å². The Labute approximate surface area is 186 Å². The fourth-order valence-electron chi connectivity index (χ4n) is 4.10. The molecule has 3 aromatic rings. The summed E-state index contributed by atoms with van der Waals surface area (Å²) in [4.78, 5) is 23.1. The molecule has 8 nitrogen and oxygen atoms in total. The number of aryl methyl sites for hydroxylation is 1. The van der Waals surface area contributed by atoms with Gasteiger partial charge in [0.15, 0.2) is 11.5 Å². The van der Waals surface area contributed by atoms with Crippen LogP contribution in [0.15, 0.2) is 36.4 Å². The Morgan fingerprint density at radius 2 is 2.03 bits per heavy atom. The molecule has 164 valence electrons. The smallest absolute Gasteiger partial charge is 0.337 e. The molecule has 2 heterocycles. The zero-order chi connectivity index (χ0) is 23.0. The lowest BCUT2D eigenvalue weighted by Gasteiger charge is -2.47. The van der Waals surface area contributed by atoms with Gasteiger partial charge in [-0.2, -0.15) is 5.26 Å². The number of hydrogen-bond acceptors (Lipinski definition) is 7. The van der Waals surface area contributed by atoms with Gasteiger partial charge in [0.25, 0.3) is 0 Å². The van der Waals surface area contributed by atoms with Crippen LogP contribution in [0.25, 0.3) is 11.0 Å². The highest BCUT2D eigenvalue weighted by Gasteiger charge is 2.41. The Bertz CT molecular complexity index is 1240. The zero-order valence-corrected chi connectivity index (χ0v) is 18.5. The van der Waals surface area contributed by atoms with E-state index in [0.29, 0.717) is 35.6 Å². The van der Waals surface area contributed by atoms with Crippen LogP contribution < -0.4 is 10.2 Å². The normalized spacial score (nSPS) is 15.7. The van der Waals surface area contributed by atoms with Gasteiger partial charge in [0.1, 0.15) is 6.07 Å². The van der Waals surface area contributed by atoms with Gasteiger partial charge in [-0.15, -0.1) is 0 Å². The van der Waals surface area contributed by atoms with E-state index >= 15 is 0 Å². The van der Waals surface area contributed by atoms with E-state index in [1.165, 1.54) is 0 Å². The molecular weight excluding hydrogens is 406 g/mol. The summed E-state index contributed by atoms with van der Waals surface area (Å²) in [7, 11) is 1.68. The number of ether oxygens (including phenoxy) is 1. The molecule has 1 fully saturated rings. The first-order valence-corrected chi connectivity index (χ1v) is 10.4. The van der Waals surface area contributed by atoms with Crippen molar-refractivity contribution in [2.75, 3.05) is 30.4 Å². The van der Waals surface area contributed by atoms with E-state index in [4.69, 9.17) is 9.72 Å². The van der Waals surface area contributed by atoms with Crippen molar-refractivity contribution in [3.63, 3.8) is 0 Å². The number of nitrogens with zero attached hydrogens (tertiary/aromatic N) is 4. The van der Waals surface area contributed by atoms with Crippen LogP contribution in [-0.4, -0.2) is 46.8 Å². The van der Waals surface area contributed by atoms with Crippen LogP contribution in [0.2, 0.25) is 0 Å². The highest BCUT2D eigenvalue weighted by Crippen LogP contribution is 2.34. The average Bonchev–Trinajstić information content (AvgIpc) is 2.75. The van der Waals surface area contributed by atoms with Crippen LogP contribution in [-0.2, 0) is 4.74 Å². The molecule has 32 heavy (non-hydrogen) atoms. The van der Waals surface area contributed by atoms with Gasteiger partial charge in [-0.05, 0) is 44.5 Å². The van der Waals surface area contributed by atoms with E-state index in [0.717, 1.165) is 11.1 Å². The van der Waals surface area contributed by atoms with Crippen molar-refractivity contribution in [3.05, 3.63) is 58.8 Å². The third-order valence-corrected chi connectivity index (χ3v) is 5.87.